The van der Waals surface area contributed by atoms with E-state index in [9.17, 15) is 18.0 Å². The van der Waals surface area contributed by atoms with Crippen molar-refractivity contribution in [1.29, 1.82) is 0 Å². The van der Waals surface area contributed by atoms with Crippen molar-refractivity contribution in [2.75, 3.05) is 18.7 Å². The second-order valence-corrected chi connectivity index (χ2v) is 7.35. The number of nitrogens with one attached hydrogen (secondary N) is 1. The molecule has 0 bridgehead atoms. The zero-order valence-electron chi connectivity index (χ0n) is 13.5. The summed E-state index contributed by atoms with van der Waals surface area (Å²) >= 11 is 0. The minimum absolute atomic E-state index is 0.0416. The number of benzene rings is 2. The molecule has 0 fully saturated rings. The first kappa shape index (κ1) is 17.7. The van der Waals surface area contributed by atoms with Gasteiger partial charge in [0.2, 0.25) is 0 Å². The summed E-state index contributed by atoms with van der Waals surface area (Å²) in [7, 11) is -2.36. The molecule has 0 aliphatic heterocycles. The quantitative estimate of drug-likeness (QED) is 0.858. The van der Waals surface area contributed by atoms with Crippen LogP contribution >= 0.6 is 0 Å². The molecule has 0 heterocycles. The van der Waals surface area contributed by atoms with E-state index in [0.29, 0.717) is 5.56 Å². The Morgan fingerprint density at radius 2 is 1.75 bits per heavy atom. The molecule has 2 aromatic rings. The first-order chi connectivity index (χ1) is 11.2. The number of amides is 1. The highest BCUT2D eigenvalue weighted by atomic mass is 32.2. The summed E-state index contributed by atoms with van der Waals surface area (Å²) in [6.07, 6.45) is 1.02. The maximum Gasteiger partial charge on any atom is 0.337 e. The minimum atomic E-state index is -3.56. The van der Waals surface area contributed by atoms with Gasteiger partial charge in [-0.3, -0.25) is 4.79 Å². The van der Waals surface area contributed by atoms with E-state index in [1.807, 2.05) is 13.0 Å². The summed E-state index contributed by atoms with van der Waals surface area (Å²) in [4.78, 5) is 23.9. The Morgan fingerprint density at radius 3 is 2.33 bits per heavy atom. The molecule has 0 aliphatic rings. The lowest BCUT2D eigenvalue weighted by Crippen LogP contribution is -2.14. The summed E-state index contributed by atoms with van der Waals surface area (Å²) in [5.41, 5.74) is 1.59. The third-order valence-corrected chi connectivity index (χ3v) is 4.39. The van der Waals surface area contributed by atoms with Crippen LogP contribution in [0.15, 0.2) is 47.4 Å². The molecule has 126 valence electrons. The van der Waals surface area contributed by atoms with Gasteiger partial charge in [-0.05, 0) is 37.3 Å². The molecule has 1 N–H and O–H groups in total. The summed E-state index contributed by atoms with van der Waals surface area (Å²) in [6, 6.07) is 10.8. The van der Waals surface area contributed by atoms with Crippen LogP contribution < -0.4 is 5.32 Å². The first-order valence-electron chi connectivity index (χ1n) is 7.02. The molecular weight excluding hydrogens is 330 g/mol. The highest BCUT2D eigenvalue weighted by Crippen LogP contribution is 2.20. The van der Waals surface area contributed by atoms with Gasteiger partial charge in [-0.15, -0.1) is 0 Å². The SMILES string of the molecule is COC(=O)c1cc(NC(=O)c2cccc(C)c2)cc(S(C)(=O)=O)c1. The van der Waals surface area contributed by atoms with Crippen molar-refractivity contribution in [2.45, 2.75) is 11.8 Å². The smallest absolute Gasteiger partial charge is 0.337 e. The van der Waals surface area contributed by atoms with Crippen LogP contribution in [0.4, 0.5) is 5.69 Å². The van der Waals surface area contributed by atoms with Gasteiger partial charge in [-0.2, -0.15) is 0 Å². The number of anilines is 1. The molecule has 0 unspecified atom stereocenters. The van der Waals surface area contributed by atoms with Crippen LogP contribution in [0, 0.1) is 6.92 Å². The van der Waals surface area contributed by atoms with Crippen molar-refractivity contribution < 1.29 is 22.7 Å². The molecule has 0 saturated heterocycles. The molecule has 0 aliphatic carbocycles. The highest BCUT2D eigenvalue weighted by molar-refractivity contribution is 7.90. The van der Waals surface area contributed by atoms with Gasteiger partial charge in [0.05, 0.1) is 17.6 Å². The van der Waals surface area contributed by atoms with Crippen LogP contribution in [-0.4, -0.2) is 33.7 Å². The number of hydrogen-bond donors (Lipinski definition) is 1. The van der Waals surface area contributed by atoms with E-state index >= 15 is 0 Å². The molecule has 7 heteroatoms. The monoisotopic (exact) mass is 347 g/mol. The van der Waals surface area contributed by atoms with E-state index < -0.39 is 21.7 Å². The predicted molar refractivity (Wildman–Crippen MR) is 90.0 cm³/mol. The van der Waals surface area contributed by atoms with Gasteiger partial charge in [0.25, 0.3) is 5.91 Å². The topological polar surface area (TPSA) is 89.5 Å². The Labute approximate surface area is 140 Å². The van der Waals surface area contributed by atoms with Gasteiger partial charge < -0.3 is 10.1 Å². The van der Waals surface area contributed by atoms with Crippen LogP contribution in [0.1, 0.15) is 26.3 Å². The van der Waals surface area contributed by atoms with Crippen LogP contribution in [-0.2, 0) is 14.6 Å². The molecule has 0 saturated carbocycles. The third-order valence-electron chi connectivity index (χ3n) is 3.29. The summed E-state index contributed by atoms with van der Waals surface area (Å²) < 4.78 is 28.2. The zero-order chi connectivity index (χ0) is 17.9. The normalized spacial score (nSPS) is 11.0. The number of ether oxygens (including phenoxy) is 1. The molecule has 0 radical (unpaired) electrons. The van der Waals surface area contributed by atoms with Gasteiger partial charge >= 0.3 is 5.97 Å². The van der Waals surface area contributed by atoms with Crippen LogP contribution in [0.5, 0.6) is 0 Å². The van der Waals surface area contributed by atoms with E-state index in [1.165, 1.54) is 25.3 Å². The summed E-state index contributed by atoms with van der Waals surface area (Å²) in [5, 5.41) is 2.61. The Morgan fingerprint density at radius 1 is 1.04 bits per heavy atom. The lowest BCUT2D eigenvalue weighted by molar-refractivity contribution is 0.0600. The number of methoxy groups -OCH3 is 1. The van der Waals surface area contributed by atoms with E-state index in [-0.39, 0.29) is 16.1 Å². The van der Waals surface area contributed by atoms with Crippen LogP contribution in [0.25, 0.3) is 0 Å². The molecule has 0 spiro atoms. The molecule has 0 aromatic heterocycles. The van der Waals surface area contributed by atoms with Crippen molar-refractivity contribution in [3.8, 4) is 0 Å². The Kier molecular flexibility index (Phi) is 5.04. The maximum absolute atomic E-state index is 12.3. The van der Waals surface area contributed by atoms with Crippen LogP contribution in [0.3, 0.4) is 0 Å². The van der Waals surface area contributed by atoms with Gasteiger partial charge in [-0.25, -0.2) is 13.2 Å². The molecule has 2 rings (SSSR count). The lowest BCUT2D eigenvalue weighted by Gasteiger charge is -2.10. The number of carbonyl (C=O) groups excluding carboxylic acids is 2. The molecule has 0 atom stereocenters. The van der Waals surface area contributed by atoms with Gasteiger partial charge in [0, 0.05) is 17.5 Å². The number of aryl methyl sites for hydroxylation is 1. The second kappa shape index (κ2) is 6.84. The lowest BCUT2D eigenvalue weighted by atomic mass is 10.1. The fraction of sp³-hybridized carbons (Fsp3) is 0.176. The Hall–Kier alpha value is -2.67. The van der Waals surface area contributed by atoms with E-state index in [0.717, 1.165) is 11.8 Å². The Bertz CT molecular complexity index is 903. The molecule has 2 aromatic carbocycles. The Balaban J connectivity index is 2.42. The molecular formula is C17H17NO5S. The first-order valence-corrected chi connectivity index (χ1v) is 8.91. The van der Waals surface area contributed by atoms with Crippen molar-refractivity contribution >= 4 is 27.4 Å². The molecule has 1 amide bonds. The fourth-order valence-corrected chi connectivity index (χ4v) is 2.79. The molecule has 24 heavy (non-hydrogen) atoms. The number of sulfone groups is 1. The number of hydrogen-bond acceptors (Lipinski definition) is 5. The van der Waals surface area contributed by atoms with Crippen LogP contribution in [0.2, 0.25) is 0 Å². The van der Waals surface area contributed by atoms with Gasteiger partial charge in [0.1, 0.15) is 0 Å². The summed E-state index contributed by atoms with van der Waals surface area (Å²) in [6.45, 7) is 1.86. The van der Waals surface area contributed by atoms with Crippen molar-refractivity contribution in [3.63, 3.8) is 0 Å². The second-order valence-electron chi connectivity index (χ2n) is 5.33. The average molecular weight is 347 g/mol. The average Bonchev–Trinajstić information content (AvgIpc) is 2.53. The number of esters is 1. The summed E-state index contributed by atoms with van der Waals surface area (Å²) in [5.74, 6) is -1.09. The standard InChI is InChI=1S/C17H17NO5S/c1-11-5-4-6-12(7-11)16(19)18-14-8-13(17(20)23-2)9-15(10-14)24(3,21)22/h4-10H,1-3H3,(H,18,19). The van der Waals surface area contributed by atoms with E-state index in [1.54, 1.807) is 18.2 Å². The van der Waals surface area contributed by atoms with Crippen molar-refractivity contribution in [3.05, 3.63) is 59.2 Å². The largest absolute Gasteiger partial charge is 0.465 e. The molecule has 6 nitrogen and oxygen atoms in total. The van der Waals surface area contributed by atoms with Gasteiger partial charge in [-0.1, -0.05) is 17.7 Å². The third kappa shape index (κ3) is 4.20. The zero-order valence-corrected chi connectivity index (χ0v) is 14.3. The number of rotatable bonds is 4. The number of carbonyl (C=O) groups is 2. The fourth-order valence-electron chi connectivity index (χ4n) is 2.11. The van der Waals surface area contributed by atoms with E-state index in [4.69, 9.17) is 0 Å². The predicted octanol–water partition coefficient (Wildman–Crippen LogP) is 2.44. The minimum Gasteiger partial charge on any atom is -0.465 e. The van der Waals surface area contributed by atoms with Crippen molar-refractivity contribution in [1.82, 2.24) is 0 Å². The van der Waals surface area contributed by atoms with Gasteiger partial charge in [0.15, 0.2) is 9.84 Å². The highest BCUT2D eigenvalue weighted by Gasteiger charge is 2.16. The van der Waals surface area contributed by atoms with Crippen molar-refractivity contribution in [2.24, 2.45) is 0 Å². The maximum atomic E-state index is 12.3. The van der Waals surface area contributed by atoms with E-state index in [2.05, 4.69) is 10.1 Å².